The Bertz CT molecular complexity index is 2060. The number of nitrogens with zero attached hydrogens (tertiary/aromatic N) is 16. The second kappa shape index (κ2) is 30.5. The lowest BCUT2D eigenvalue weighted by molar-refractivity contribution is -0.118. The van der Waals surface area contributed by atoms with Crippen molar-refractivity contribution in [3.63, 3.8) is 0 Å². The van der Waals surface area contributed by atoms with Gasteiger partial charge < -0.3 is 80.2 Å². The number of hydrogen-bond acceptors (Lipinski definition) is 28. The summed E-state index contributed by atoms with van der Waals surface area (Å²) in [5.74, 6) is 0. The van der Waals surface area contributed by atoms with E-state index >= 15 is 0 Å². The monoisotopic (exact) mass is 1150 g/mol. The van der Waals surface area contributed by atoms with Crippen molar-refractivity contribution in [3.05, 3.63) is 47.6 Å². The maximum absolute atomic E-state index is 10.1. The summed E-state index contributed by atoms with van der Waals surface area (Å²) in [7, 11) is 0. The Hall–Kier alpha value is -4.24. The third-order valence-electron chi connectivity index (χ3n) is 15.1. The summed E-state index contributed by atoms with van der Waals surface area (Å²) in [5, 5.41) is 155. The van der Waals surface area contributed by atoms with Gasteiger partial charge in [0.05, 0.1) is 132 Å². The van der Waals surface area contributed by atoms with E-state index in [-0.39, 0.29) is 105 Å². The Morgan fingerprint density at radius 2 is 0.519 bits per heavy atom. The molecule has 0 spiro atoms. The molecule has 4 fully saturated rings. The molecule has 0 unspecified atom stereocenters. The zero-order valence-corrected chi connectivity index (χ0v) is 45.7. The van der Waals surface area contributed by atoms with Crippen molar-refractivity contribution in [1.29, 1.82) is 0 Å². The van der Waals surface area contributed by atoms with Gasteiger partial charge in [0, 0.05) is 105 Å². The van der Waals surface area contributed by atoms with Gasteiger partial charge in [-0.3, -0.25) is 38.3 Å². The van der Waals surface area contributed by atoms with Gasteiger partial charge in [-0.25, -0.2) is 0 Å². The molecule has 8 atom stereocenters. The van der Waals surface area contributed by atoms with Crippen LogP contribution in [0.15, 0.2) is 24.8 Å². The number of aryl methyl sites for hydroxylation is 4. The molecule has 0 aromatic carbocycles. The fraction of sp³-hybridized carbons (Fsp3) is 0.837. The van der Waals surface area contributed by atoms with Gasteiger partial charge in [0.25, 0.3) is 0 Å². The molecule has 8 rings (SSSR count). The predicted octanol–water partition coefficient (Wildman–Crippen LogP) is -7.64. The average Bonchev–Trinajstić information content (AvgIpc) is 4.28. The Morgan fingerprint density at radius 3 is 0.716 bits per heavy atom. The molecular formula is C49H84N16O16. The Balaban J connectivity index is 0.900. The number of likely N-dealkylation sites (tertiary alicyclic amines) is 4. The van der Waals surface area contributed by atoms with E-state index in [0.29, 0.717) is 101 Å². The maximum atomic E-state index is 10.1. The second-order valence-electron chi connectivity index (χ2n) is 22.3. The van der Waals surface area contributed by atoms with E-state index in [9.17, 15) is 61.3 Å². The molecule has 0 amide bonds. The van der Waals surface area contributed by atoms with Crippen LogP contribution in [0.4, 0.5) is 0 Å². The van der Waals surface area contributed by atoms with Gasteiger partial charge in [-0.1, -0.05) is 20.9 Å². The van der Waals surface area contributed by atoms with Gasteiger partial charge in [-0.05, 0) is 25.7 Å². The normalized spacial score (nSPS) is 25.9. The SMILES string of the molecule is OC1[C@H](O)CN(CCCn2cc(COCC(COCc3cn(CCCN4C[C@@H](O)C(O)[C@H](O)C4)nn3)(COCc3cn(CCCN4C[C@@H](O)C(O)[C@H](O)C4)nn3)COCc3cn(CCCN4C[C@@H](O)C(O)[C@H](O)C4)nn3)nn2)C[C@H]1O. The minimum atomic E-state index is -1.17. The van der Waals surface area contributed by atoms with Crippen LogP contribution in [0.3, 0.4) is 0 Å². The Kier molecular flexibility index (Phi) is 23.7. The summed E-state index contributed by atoms with van der Waals surface area (Å²) in [6.45, 7) is 6.78. The number of β-amino-alcohol motifs (C(OH)–C–C–N with tert-alkyl or cyclic N) is 8. The number of ether oxygens (including phenoxy) is 4. The van der Waals surface area contributed by atoms with Gasteiger partial charge in [0.15, 0.2) is 0 Å². The van der Waals surface area contributed by atoms with E-state index in [1.54, 1.807) is 43.5 Å². The van der Waals surface area contributed by atoms with Crippen molar-refractivity contribution in [2.24, 2.45) is 5.41 Å². The van der Waals surface area contributed by atoms with E-state index in [2.05, 4.69) is 41.2 Å². The van der Waals surface area contributed by atoms with E-state index in [0.717, 1.165) is 0 Å². The number of aromatic nitrogens is 12. The maximum Gasteiger partial charge on any atom is 0.108 e. The van der Waals surface area contributed by atoms with Crippen molar-refractivity contribution >= 4 is 0 Å². The van der Waals surface area contributed by atoms with Crippen molar-refractivity contribution in [2.45, 2.75) is 152 Å². The largest absolute Gasteiger partial charge is 0.389 e. The number of rotatable bonds is 32. The van der Waals surface area contributed by atoms with Crippen LogP contribution >= 0.6 is 0 Å². The average molecular weight is 1150 g/mol. The number of aliphatic hydroxyl groups excluding tert-OH is 12. The Morgan fingerprint density at radius 1 is 0.321 bits per heavy atom. The fourth-order valence-electron chi connectivity index (χ4n) is 10.7. The van der Waals surface area contributed by atoms with Gasteiger partial charge in [-0.15, -0.1) is 20.4 Å². The quantitative estimate of drug-likeness (QED) is 0.0216. The third-order valence-corrected chi connectivity index (χ3v) is 15.1. The molecule has 81 heavy (non-hydrogen) atoms. The van der Waals surface area contributed by atoms with E-state index in [4.69, 9.17) is 18.9 Å². The van der Waals surface area contributed by atoms with Crippen molar-refractivity contribution in [2.75, 3.05) is 105 Å². The molecule has 8 heterocycles. The van der Waals surface area contributed by atoms with Crippen molar-refractivity contribution in [1.82, 2.24) is 79.6 Å². The molecule has 0 bridgehead atoms. The highest BCUT2D eigenvalue weighted by atomic mass is 16.5. The number of aliphatic hydroxyl groups is 12. The van der Waals surface area contributed by atoms with E-state index in [1.165, 1.54) is 0 Å². The lowest BCUT2D eigenvalue weighted by Gasteiger charge is -2.36. The molecule has 456 valence electrons. The molecule has 32 heteroatoms. The standard InChI is InChI=1S/C49H84N16O16/c66-37-17-58(18-38(67)45(37)74)5-1-9-62-13-33(50-54-62)25-78-29-49(30-79-26-34-14-63(55-51-34)10-2-6-59-19-39(68)46(75)40(69)20-59,31-80-27-35-15-64(56-52-35)11-3-7-60-21-41(70)47(76)42(71)22-60)32-81-28-36-16-65(57-53-36)12-4-8-61-23-43(72)48(77)44(73)24-61/h13-16,37-48,66-77H,1-12,17-32H2/t37-,38-,39-,40-,41-,42-,43-,44-/m1/s1. The van der Waals surface area contributed by atoms with Crippen LogP contribution in [-0.2, 0) is 71.6 Å². The molecule has 4 saturated heterocycles. The molecule has 32 nitrogen and oxygen atoms in total. The summed E-state index contributed by atoms with van der Waals surface area (Å²) < 4.78 is 32.4. The molecule has 4 aliphatic rings. The van der Waals surface area contributed by atoms with Gasteiger partial charge in [0.1, 0.15) is 47.2 Å². The molecule has 0 aliphatic carbocycles. The van der Waals surface area contributed by atoms with Gasteiger partial charge in [-0.2, -0.15) is 0 Å². The third kappa shape index (κ3) is 18.9. The summed E-state index contributed by atoms with van der Waals surface area (Å²) in [4.78, 5) is 7.57. The van der Waals surface area contributed by atoms with Crippen LogP contribution in [0.2, 0.25) is 0 Å². The molecule has 0 saturated carbocycles. The lowest BCUT2D eigenvalue weighted by atomic mass is 9.92. The zero-order chi connectivity index (χ0) is 57.5. The van der Waals surface area contributed by atoms with Crippen LogP contribution < -0.4 is 0 Å². The molecule has 4 aromatic heterocycles. The van der Waals surface area contributed by atoms with E-state index < -0.39 is 78.7 Å². The zero-order valence-electron chi connectivity index (χ0n) is 45.7. The van der Waals surface area contributed by atoms with Crippen LogP contribution in [0.25, 0.3) is 0 Å². The highest BCUT2D eigenvalue weighted by Crippen LogP contribution is 2.24. The van der Waals surface area contributed by atoms with Crippen LogP contribution in [-0.4, -0.2) is 319 Å². The molecule has 12 N–H and O–H groups in total. The van der Waals surface area contributed by atoms with Crippen molar-refractivity contribution < 1.29 is 80.2 Å². The minimum Gasteiger partial charge on any atom is -0.389 e. The summed E-state index contributed by atoms with van der Waals surface area (Å²) in [6, 6.07) is 0. The highest BCUT2D eigenvalue weighted by Gasteiger charge is 2.37. The second-order valence-corrected chi connectivity index (χ2v) is 22.3. The first kappa shape index (κ1) is 62.8. The first-order valence-corrected chi connectivity index (χ1v) is 27.9. The topological polar surface area (TPSA) is 415 Å². The fourth-order valence-corrected chi connectivity index (χ4v) is 10.7. The molecule has 4 aliphatic heterocycles. The number of hydrogen-bond donors (Lipinski definition) is 12. The molecule has 0 radical (unpaired) electrons. The molecule has 4 aromatic rings. The van der Waals surface area contributed by atoms with Crippen LogP contribution in [0.1, 0.15) is 48.5 Å². The summed E-state index contributed by atoms with van der Waals surface area (Å²) in [5.41, 5.74) is 1.27. The summed E-state index contributed by atoms with van der Waals surface area (Å²) in [6.07, 6.45) is -3.27. The smallest absolute Gasteiger partial charge is 0.108 e. The Labute approximate surface area is 468 Å². The van der Waals surface area contributed by atoms with Gasteiger partial charge in [0.2, 0.25) is 0 Å². The first-order valence-electron chi connectivity index (χ1n) is 27.9. The van der Waals surface area contributed by atoms with Crippen molar-refractivity contribution in [3.8, 4) is 0 Å². The molecular weight excluding hydrogens is 1070 g/mol. The van der Waals surface area contributed by atoms with Crippen LogP contribution in [0, 0.1) is 5.41 Å². The predicted molar refractivity (Wildman–Crippen MR) is 277 cm³/mol. The van der Waals surface area contributed by atoms with Crippen LogP contribution in [0.5, 0.6) is 0 Å². The number of piperidine rings is 4. The first-order chi connectivity index (χ1) is 39.0. The summed E-state index contributed by atoms with van der Waals surface area (Å²) >= 11 is 0. The highest BCUT2D eigenvalue weighted by molar-refractivity contribution is 4.96. The minimum absolute atomic E-state index is 0.0577. The lowest BCUT2D eigenvalue weighted by Crippen LogP contribution is -2.55. The van der Waals surface area contributed by atoms with E-state index in [1.807, 2.05) is 19.6 Å². The van der Waals surface area contributed by atoms with Gasteiger partial charge >= 0.3 is 0 Å².